The van der Waals surface area contributed by atoms with Gasteiger partial charge in [-0.2, -0.15) is 5.10 Å². The molecule has 0 radical (unpaired) electrons. The SMILES string of the molecule is CCC(CC)NC(=O)c1ccc(-n2cccn2)nc1. The smallest absolute Gasteiger partial charge is 0.253 e. The highest BCUT2D eigenvalue weighted by Gasteiger charge is 2.11. The number of carbonyl (C=O) groups excluding carboxylic acids is 1. The van der Waals surface area contributed by atoms with E-state index < -0.39 is 0 Å². The molecule has 0 unspecified atom stereocenters. The van der Waals surface area contributed by atoms with Gasteiger partial charge in [-0.15, -0.1) is 0 Å². The maximum Gasteiger partial charge on any atom is 0.253 e. The maximum atomic E-state index is 12.0. The van der Waals surface area contributed by atoms with Crippen LogP contribution in [0.25, 0.3) is 5.82 Å². The van der Waals surface area contributed by atoms with Gasteiger partial charge in [0.2, 0.25) is 0 Å². The molecule has 2 aromatic heterocycles. The molecule has 0 saturated carbocycles. The molecule has 100 valence electrons. The molecule has 0 bridgehead atoms. The van der Waals surface area contributed by atoms with Gasteiger partial charge in [-0.1, -0.05) is 13.8 Å². The summed E-state index contributed by atoms with van der Waals surface area (Å²) in [5.41, 5.74) is 0.572. The van der Waals surface area contributed by atoms with Crippen LogP contribution in [0.4, 0.5) is 0 Å². The number of carbonyl (C=O) groups is 1. The van der Waals surface area contributed by atoms with Crippen molar-refractivity contribution >= 4 is 5.91 Å². The predicted molar refractivity (Wildman–Crippen MR) is 73.2 cm³/mol. The Labute approximate surface area is 112 Å². The molecular weight excluding hydrogens is 240 g/mol. The predicted octanol–water partition coefficient (Wildman–Crippen LogP) is 2.19. The molecule has 0 saturated heterocycles. The van der Waals surface area contributed by atoms with Crippen LogP contribution in [-0.4, -0.2) is 26.7 Å². The normalized spacial score (nSPS) is 10.7. The van der Waals surface area contributed by atoms with E-state index in [1.165, 1.54) is 0 Å². The number of nitrogens with one attached hydrogen (secondary N) is 1. The summed E-state index contributed by atoms with van der Waals surface area (Å²) in [5, 5.41) is 7.08. The number of hydrogen-bond donors (Lipinski definition) is 1. The van der Waals surface area contributed by atoms with Crippen molar-refractivity contribution in [3.63, 3.8) is 0 Å². The lowest BCUT2D eigenvalue weighted by Crippen LogP contribution is -2.33. The second-order valence-electron chi connectivity index (χ2n) is 4.34. The summed E-state index contributed by atoms with van der Waals surface area (Å²) < 4.78 is 1.66. The molecule has 5 nitrogen and oxygen atoms in total. The lowest BCUT2D eigenvalue weighted by molar-refractivity contribution is 0.0934. The highest BCUT2D eigenvalue weighted by atomic mass is 16.1. The summed E-state index contributed by atoms with van der Waals surface area (Å²) in [5.74, 6) is 0.622. The molecule has 19 heavy (non-hydrogen) atoms. The molecule has 2 heterocycles. The zero-order valence-corrected chi connectivity index (χ0v) is 11.2. The first kappa shape index (κ1) is 13.3. The lowest BCUT2D eigenvalue weighted by atomic mass is 10.1. The Bertz CT molecular complexity index is 515. The Morgan fingerprint density at radius 2 is 2.16 bits per heavy atom. The number of pyridine rings is 1. The minimum Gasteiger partial charge on any atom is -0.349 e. The Morgan fingerprint density at radius 1 is 1.37 bits per heavy atom. The third kappa shape index (κ3) is 3.19. The number of amides is 1. The van der Waals surface area contributed by atoms with Crippen LogP contribution in [-0.2, 0) is 0 Å². The number of hydrogen-bond acceptors (Lipinski definition) is 3. The van der Waals surface area contributed by atoms with Gasteiger partial charge in [-0.3, -0.25) is 4.79 Å². The standard InChI is InChI=1S/C14H18N4O/c1-3-12(4-2)17-14(19)11-6-7-13(15-10-11)18-9-5-8-16-18/h5-10,12H,3-4H2,1-2H3,(H,17,19). The number of rotatable bonds is 5. The molecule has 0 aliphatic carbocycles. The Morgan fingerprint density at radius 3 is 2.68 bits per heavy atom. The number of nitrogens with zero attached hydrogens (tertiary/aromatic N) is 3. The molecule has 0 fully saturated rings. The third-order valence-electron chi connectivity index (χ3n) is 3.07. The average molecular weight is 258 g/mol. The van der Waals surface area contributed by atoms with Gasteiger partial charge in [0.25, 0.3) is 5.91 Å². The van der Waals surface area contributed by atoms with Gasteiger partial charge in [0.1, 0.15) is 0 Å². The molecule has 2 aromatic rings. The first-order chi connectivity index (χ1) is 9.24. The van der Waals surface area contributed by atoms with Crippen molar-refractivity contribution in [2.75, 3.05) is 0 Å². The Hall–Kier alpha value is -2.17. The van der Waals surface area contributed by atoms with Gasteiger partial charge in [0, 0.05) is 24.6 Å². The van der Waals surface area contributed by atoms with Crippen LogP contribution in [0, 0.1) is 0 Å². The molecule has 0 atom stereocenters. The molecule has 0 aliphatic heterocycles. The Balaban J connectivity index is 2.08. The molecule has 1 N–H and O–H groups in total. The van der Waals surface area contributed by atoms with Crippen LogP contribution in [0.5, 0.6) is 0 Å². The fourth-order valence-electron chi connectivity index (χ4n) is 1.82. The van der Waals surface area contributed by atoms with E-state index in [0.29, 0.717) is 11.4 Å². The molecule has 0 aliphatic rings. The average Bonchev–Trinajstić information content (AvgIpc) is 2.99. The molecule has 1 amide bonds. The van der Waals surface area contributed by atoms with Crippen LogP contribution in [0.1, 0.15) is 37.0 Å². The van der Waals surface area contributed by atoms with E-state index >= 15 is 0 Å². The van der Waals surface area contributed by atoms with Gasteiger partial charge < -0.3 is 5.32 Å². The van der Waals surface area contributed by atoms with Gasteiger partial charge in [0.15, 0.2) is 5.82 Å². The topological polar surface area (TPSA) is 59.8 Å². The van der Waals surface area contributed by atoms with Crippen molar-refractivity contribution in [1.82, 2.24) is 20.1 Å². The highest BCUT2D eigenvalue weighted by molar-refractivity contribution is 5.94. The Kier molecular flexibility index (Phi) is 4.28. The van der Waals surface area contributed by atoms with Crippen LogP contribution < -0.4 is 5.32 Å². The van der Waals surface area contributed by atoms with Gasteiger partial charge in [-0.25, -0.2) is 9.67 Å². The van der Waals surface area contributed by atoms with E-state index in [4.69, 9.17) is 0 Å². The van der Waals surface area contributed by atoms with Crippen LogP contribution in [0.3, 0.4) is 0 Å². The lowest BCUT2D eigenvalue weighted by Gasteiger charge is -2.14. The fraction of sp³-hybridized carbons (Fsp3) is 0.357. The second kappa shape index (κ2) is 6.13. The van der Waals surface area contributed by atoms with E-state index in [9.17, 15) is 4.79 Å². The summed E-state index contributed by atoms with van der Waals surface area (Å²) in [4.78, 5) is 16.2. The summed E-state index contributed by atoms with van der Waals surface area (Å²) in [6.45, 7) is 4.13. The molecule has 0 spiro atoms. The van der Waals surface area contributed by atoms with E-state index in [1.807, 2.05) is 12.3 Å². The summed E-state index contributed by atoms with van der Waals surface area (Å²) >= 11 is 0. The largest absolute Gasteiger partial charge is 0.349 e. The monoisotopic (exact) mass is 258 g/mol. The summed E-state index contributed by atoms with van der Waals surface area (Å²) in [7, 11) is 0. The molecule has 0 aromatic carbocycles. The quantitative estimate of drug-likeness (QED) is 0.894. The van der Waals surface area contributed by atoms with Crippen molar-refractivity contribution < 1.29 is 4.79 Å². The second-order valence-corrected chi connectivity index (χ2v) is 4.34. The van der Waals surface area contributed by atoms with Crippen molar-refractivity contribution in [1.29, 1.82) is 0 Å². The first-order valence-corrected chi connectivity index (χ1v) is 6.51. The van der Waals surface area contributed by atoms with Gasteiger partial charge in [0.05, 0.1) is 5.56 Å². The van der Waals surface area contributed by atoms with Gasteiger partial charge >= 0.3 is 0 Å². The van der Waals surface area contributed by atoms with Crippen LogP contribution in [0.15, 0.2) is 36.8 Å². The van der Waals surface area contributed by atoms with E-state index in [2.05, 4.69) is 29.2 Å². The minimum absolute atomic E-state index is 0.0757. The molecule has 2 rings (SSSR count). The zero-order chi connectivity index (χ0) is 13.7. The number of aromatic nitrogens is 3. The maximum absolute atomic E-state index is 12.0. The minimum atomic E-state index is -0.0757. The van der Waals surface area contributed by atoms with Crippen molar-refractivity contribution in [2.24, 2.45) is 0 Å². The fourth-order valence-corrected chi connectivity index (χ4v) is 1.82. The molecular formula is C14H18N4O. The zero-order valence-electron chi connectivity index (χ0n) is 11.2. The highest BCUT2D eigenvalue weighted by Crippen LogP contribution is 2.06. The van der Waals surface area contributed by atoms with E-state index in [0.717, 1.165) is 12.8 Å². The molecule has 5 heteroatoms. The van der Waals surface area contributed by atoms with Crippen LogP contribution >= 0.6 is 0 Å². The van der Waals surface area contributed by atoms with Crippen molar-refractivity contribution in [3.8, 4) is 5.82 Å². The third-order valence-corrected chi connectivity index (χ3v) is 3.07. The summed E-state index contributed by atoms with van der Waals surface area (Å²) in [6, 6.07) is 5.60. The van der Waals surface area contributed by atoms with E-state index in [-0.39, 0.29) is 11.9 Å². The first-order valence-electron chi connectivity index (χ1n) is 6.51. The van der Waals surface area contributed by atoms with Crippen LogP contribution in [0.2, 0.25) is 0 Å². The van der Waals surface area contributed by atoms with E-state index in [1.54, 1.807) is 29.2 Å². The van der Waals surface area contributed by atoms with Gasteiger partial charge in [-0.05, 0) is 31.0 Å². The van der Waals surface area contributed by atoms with Crippen molar-refractivity contribution in [3.05, 3.63) is 42.4 Å². The summed E-state index contributed by atoms with van der Waals surface area (Å²) in [6.07, 6.45) is 6.94. The van der Waals surface area contributed by atoms with Crippen molar-refractivity contribution in [2.45, 2.75) is 32.7 Å².